The highest BCUT2D eigenvalue weighted by Crippen LogP contribution is 2.30. The SMILES string of the molecule is C=C1CCC(C(C)C)C=C1OO. The first-order chi connectivity index (χ1) is 5.65. The minimum Gasteiger partial charge on any atom is -0.340 e. The topological polar surface area (TPSA) is 29.5 Å². The van der Waals surface area contributed by atoms with Crippen LogP contribution in [0.4, 0.5) is 0 Å². The summed E-state index contributed by atoms with van der Waals surface area (Å²) >= 11 is 0. The Morgan fingerprint density at radius 3 is 2.83 bits per heavy atom. The fraction of sp³-hybridized carbons (Fsp3) is 0.600. The van der Waals surface area contributed by atoms with Gasteiger partial charge in [0, 0.05) is 0 Å². The van der Waals surface area contributed by atoms with Gasteiger partial charge in [-0.3, -0.25) is 0 Å². The molecule has 0 aromatic carbocycles. The number of hydrogen-bond donors (Lipinski definition) is 1. The van der Waals surface area contributed by atoms with Crippen LogP contribution in [-0.2, 0) is 4.89 Å². The van der Waals surface area contributed by atoms with E-state index in [1.807, 2.05) is 6.08 Å². The molecule has 1 atom stereocenters. The Balaban J connectivity index is 2.73. The lowest BCUT2D eigenvalue weighted by Gasteiger charge is -2.23. The molecule has 1 aliphatic rings. The van der Waals surface area contributed by atoms with Gasteiger partial charge >= 0.3 is 0 Å². The molecule has 0 aromatic heterocycles. The van der Waals surface area contributed by atoms with Crippen molar-refractivity contribution in [2.75, 3.05) is 0 Å². The van der Waals surface area contributed by atoms with Crippen LogP contribution < -0.4 is 0 Å². The van der Waals surface area contributed by atoms with Gasteiger partial charge in [-0.15, -0.1) is 0 Å². The molecule has 0 aromatic rings. The molecule has 0 fully saturated rings. The van der Waals surface area contributed by atoms with Crippen molar-refractivity contribution in [3.05, 3.63) is 24.0 Å². The molecule has 0 bridgehead atoms. The Labute approximate surface area is 73.5 Å². The van der Waals surface area contributed by atoms with E-state index in [1.165, 1.54) is 0 Å². The minimum absolute atomic E-state index is 0.512. The summed E-state index contributed by atoms with van der Waals surface area (Å²) in [6.07, 6.45) is 4.01. The van der Waals surface area contributed by atoms with Gasteiger partial charge in [-0.05, 0) is 36.3 Å². The van der Waals surface area contributed by atoms with Gasteiger partial charge in [0.15, 0.2) is 5.76 Å². The van der Waals surface area contributed by atoms with E-state index in [-0.39, 0.29) is 0 Å². The standard InChI is InChI=1S/C10H16O2/c1-7(2)9-5-4-8(3)10(6-9)12-11/h6-7,9,11H,3-5H2,1-2H3. The summed E-state index contributed by atoms with van der Waals surface area (Å²) in [4.78, 5) is 4.25. The maximum absolute atomic E-state index is 8.53. The lowest BCUT2D eigenvalue weighted by atomic mass is 9.84. The second-order valence-electron chi connectivity index (χ2n) is 3.67. The van der Waals surface area contributed by atoms with Crippen LogP contribution >= 0.6 is 0 Å². The molecule has 0 saturated heterocycles. The first-order valence-electron chi connectivity index (χ1n) is 4.36. The van der Waals surface area contributed by atoms with Crippen LogP contribution in [0.1, 0.15) is 26.7 Å². The first kappa shape index (κ1) is 9.33. The minimum atomic E-state index is 0.512. The molecule has 1 unspecified atom stereocenters. The van der Waals surface area contributed by atoms with Crippen LogP contribution in [0.3, 0.4) is 0 Å². The molecule has 1 aliphatic carbocycles. The van der Waals surface area contributed by atoms with Crippen molar-refractivity contribution in [2.45, 2.75) is 26.7 Å². The average Bonchev–Trinajstić information content (AvgIpc) is 2.05. The second kappa shape index (κ2) is 3.76. The lowest BCUT2D eigenvalue weighted by molar-refractivity contribution is -0.201. The van der Waals surface area contributed by atoms with Crippen molar-refractivity contribution in [2.24, 2.45) is 11.8 Å². The smallest absolute Gasteiger partial charge is 0.164 e. The van der Waals surface area contributed by atoms with Crippen molar-refractivity contribution < 1.29 is 10.1 Å². The van der Waals surface area contributed by atoms with Gasteiger partial charge in [0.05, 0.1) is 0 Å². The summed E-state index contributed by atoms with van der Waals surface area (Å²) in [5.41, 5.74) is 0.898. The first-order valence-corrected chi connectivity index (χ1v) is 4.36. The largest absolute Gasteiger partial charge is 0.340 e. The monoisotopic (exact) mass is 168 g/mol. The Morgan fingerprint density at radius 1 is 1.67 bits per heavy atom. The van der Waals surface area contributed by atoms with Crippen LogP contribution in [0.25, 0.3) is 0 Å². The van der Waals surface area contributed by atoms with E-state index in [4.69, 9.17) is 5.26 Å². The zero-order valence-electron chi connectivity index (χ0n) is 7.71. The van der Waals surface area contributed by atoms with E-state index in [0.717, 1.165) is 18.4 Å². The molecule has 68 valence electrons. The fourth-order valence-electron chi connectivity index (χ4n) is 1.48. The Morgan fingerprint density at radius 2 is 2.33 bits per heavy atom. The van der Waals surface area contributed by atoms with E-state index < -0.39 is 0 Å². The summed E-state index contributed by atoms with van der Waals surface area (Å²) < 4.78 is 0. The van der Waals surface area contributed by atoms with Gasteiger partial charge in [0.1, 0.15) is 0 Å². The molecule has 12 heavy (non-hydrogen) atoms. The van der Waals surface area contributed by atoms with Gasteiger partial charge < -0.3 is 4.89 Å². The molecule has 2 heteroatoms. The van der Waals surface area contributed by atoms with Crippen LogP contribution in [0.2, 0.25) is 0 Å². The van der Waals surface area contributed by atoms with Gasteiger partial charge in [-0.25, -0.2) is 5.26 Å². The fourth-order valence-corrected chi connectivity index (χ4v) is 1.48. The van der Waals surface area contributed by atoms with E-state index in [0.29, 0.717) is 17.6 Å². The van der Waals surface area contributed by atoms with Gasteiger partial charge in [0.25, 0.3) is 0 Å². The van der Waals surface area contributed by atoms with E-state index in [9.17, 15) is 0 Å². The molecular formula is C10H16O2. The molecule has 0 spiro atoms. The lowest BCUT2D eigenvalue weighted by Crippen LogP contribution is -2.12. The van der Waals surface area contributed by atoms with Crippen molar-refractivity contribution in [3.63, 3.8) is 0 Å². The number of rotatable bonds is 2. The Bertz CT molecular complexity index is 204. The maximum Gasteiger partial charge on any atom is 0.164 e. The molecular weight excluding hydrogens is 152 g/mol. The van der Waals surface area contributed by atoms with Crippen LogP contribution in [0.15, 0.2) is 24.0 Å². The summed E-state index contributed by atoms with van der Waals surface area (Å²) in [5.74, 6) is 1.67. The Kier molecular flexibility index (Phi) is 2.93. The van der Waals surface area contributed by atoms with Crippen LogP contribution in [0.5, 0.6) is 0 Å². The predicted octanol–water partition coefficient (Wildman–Crippen LogP) is 2.98. The summed E-state index contributed by atoms with van der Waals surface area (Å²) in [5, 5.41) is 8.53. The quantitative estimate of drug-likeness (QED) is 0.507. The zero-order valence-corrected chi connectivity index (χ0v) is 7.71. The van der Waals surface area contributed by atoms with Crippen molar-refractivity contribution in [3.8, 4) is 0 Å². The molecule has 0 aliphatic heterocycles. The third-order valence-corrected chi connectivity index (χ3v) is 2.45. The van der Waals surface area contributed by atoms with Crippen molar-refractivity contribution in [1.82, 2.24) is 0 Å². The summed E-state index contributed by atoms with van der Waals surface area (Å²) in [6.45, 7) is 8.15. The highest BCUT2D eigenvalue weighted by atomic mass is 17.1. The van der Waals surface area contributed by atoms with E-state index in [2.05, 4.69) is 25.3 Å². The Hall–Kier alpha value is -0.760. The van der Waals surface area contributed by atoms with Crippen molar-refractivity contribution in [1.29, 1.82) is 0 Å². The molecule has 1 rings (SSSR count). The normalized spacial score (nSPS) is 24.2. The summed E-state index contributed by atoms with van der Waals surface area (Å²) in [6, 6.07) is 0. The van der Waals surface area contributed by atoms with Crippen LogP contribution in [-0.4, -0.2) is 5.26 Å². The zero-order chi connectivity index (χ0) is 9.14. The van der Waals surface area contributed by atoms with Gasteiger partial charge in [-0.1, -0.05) is 20.4 Å². The van der Waals surface area contributed by atoms with Gasteiger partial charge in [-0.2, -0.15) is 0 Å². The van der Waals surface area contributed by atoms with Gasteiger partial charge in [0.2, 0.25) is 0 Å². The summed E-state index contributed by atoms with van der Waals surface area (Å²) in [7, 11) is 0. The molecule has 0 saturated carbocycles. The molecule has 0 amide bonds. The molecule has 2 nitrogen and oxygen atoms in total. The highest BCUT2D eigenvalue weighted by molar-refractivity contribution is 5.26. The number of hydrogen-bond acceptors (Lipinski definition) is 2. The molecule has 0 heterocycles. The highest BCUT2D eigenvalue weighted by Gasteiger charge is 2.20. The van der Waals surface area contributed by atoms with Crippen LogP contribution in [0, 0.1) is 11.8 Å². The average molecular weight is 168 g/mol. The third kappa shape index (κ3) is 1.89. The predicted molar refractivity (Wildman–Crippen MR) is 48.5 cm³/mol. The third-order valence-electron chi connectivity index (χ3n) is 2.45. The van der Waals surface area contributed by atoms with Crippen molar-refractivity contribution >= 4 is 0 Å². The van der Waals surface area contributed by atoms with E-state index in [1.54, 1.807) is 0 Å². The molecule has 0 radical (unpaired) electrons. The second-order valence-corrected chi connectivity index (χ2v) is 3.67. The van der Waals surface area contributed by atoms with E-state index >= 15 is 0 Å². The number of allylic oxidation sites excluding steroid dienone is 2. The maximum atomic E-state index is 8.53. The molecule has 1 N–H and O–H groups in total.